The second-order valence-electron chi connectivity index (χ2n) is 5.03. The molecule has 0 spiro atoms. The third-order valence-electron chi connectivity index (χ3n) is 4.17. The summed E-state index contributed by atoms with van der Waals surface area (Å²) in [7, 11) is 0. The Bertz CT molecular complexity index is 386. The van der Waals surface area contributed by atoms with Gasteiger partial charge in [0.2, 0.25) is 0 Å². The number of benzene rings is 1. The molecule has 80 valence electrons. The maximum absolute atomic E-state index is 9.48. The lowest BCUT2D eigenvalue weighted by atomic mass is 9.83. The molecule has 2 bridgehead atoms. The summed E-state index contributed by atoms with van der Waals surface area (Å²) in [5, 5.41) is 18.7. The molecule has 0 heterocycles. The zero-order valence-corrected chi connectivity index (χ0v) is 8.69. The third kappa shape index (κ3) is 1.39. The Kier molecular flexibility index (Phi) is 1.91. The van der Waals surface area contributed by atoms with Crippen LogP contribution in [-0.4, -0.2) is 10.2 Å². The lowest BCUT2D eigenvalue weighted by Crippen LogP contribution is -2.08. The van der Waals surface area contributed by atoms with Crippen LogP contribution >= 0.6 is 0 Å². The monoisotopic (exact) mass is 204 g/mol. The Morgan fingerprint density at radius 3 is 2.47 bits per heavy atom. The second-order valence-corrected chi connectivity index (χ2v) is 5.03. The van der Waals surface area contributed by atoms with Gasteiger partial charge in [-0.3, -0.25) is 0 Å². The van der Waals surface area contributed by atoms with Crippen LogP contribution in [0.2, 0.25) is 0 Å². The summed E-state index contributed by atoms with van der Waals surface area (Å²) in [6, 6.07) is 5.30. The molecule has 2 fully saturated rings. The lowest BCUT2D eigenvalue weighted by Gasteiger charge is -2.22. The quantitative estimate of drug-likeness (QED) is 0.690. The van der Waals surface area contributed by atoms with E-state index in [1.54, 1.807) is 12.1 Å². The zero-order valence-electron chi connectivity index (χ0n) is 8.69. The van der Waals surface area contributed by atoms with Crippen LogP contribution in [-0.2, 0) is 0 Å². The number of hydrogen-bond donors (Lipinski definition) is 2. The van der Waals surface area contributed by atoms with Crippen molar-refractivity contribution in [3.63, 3.8) is 0 Å². The van der Waals surface area contributed by atoms with Gasteiger partial charge < -0.3 is 10.2 Å². The van der Waals surface area contributed by atoms with Gasteiger partial charge in [-0.2, -0.15) is 0 Å². The molecule has 2 N–H and O–H groups in total. The van der Waals surface area contributed by atoms with E-state index in [2.05, 4.69) is 0 Å². The molecule has 15 heavy (non-hydrogen) atoms. The van der Waals surface area contributed by atoms with Crippen molar-refractivity contribution in [3.8, 4) is 11.5 Å². The van der Waals surface area contributed by atoms with Crippen molar-refractivity contribution in [1.29, 1.82) is 0 Å². The maximum atomic E-state index is 9.48. The number of aromatic hydroxyl groups is 2. The topological polar surface area (TPSA) is 40.5 Å². The predicted octanol–water partition coefficient (Wildman–Crippen LogP) is 3.00. The summed E-state index contributed by atoms with van der Waals surface area (Å²) >= 11 is 0. The summed E-state index contributed by atoms with van der Waals surface area (Å²) in [5.74, 6) is 2.36. The molecule has 0 saturated heterocycles. The molecule has 2 nitrogen and oxygen atoms in total. The molecule has 3 atom stereocenters. The Morgan fingerprint density at radius 2 is 1.87 bits per heavy atom. The highest BCUT2D eigenvalue weighted by atomic mass is 16.3. The molecule has 1 unspecified atom stereocenters. The normalized spacial score (nSPS) is 33.5. The number of fused-ring (bicyclic) bond motifs is 2. The van der Waals surface area contributed by atoms with E-state index < -0.39 is 0 Å². The first kappa shape index (κ1) is 9.08. The fourth-order valence-corrected chi connectivity index (χ4v) is 3.42. The molecule has 1 aromatic carbocycles. The average molecular weight is 204 g/mol. The summed E-state index contributed by atoms with van der Waals surface area (Å²) in [5.41, 5.74) is 1.21. The van der Waals surface area contributed by atoms with Crippen molar-refractivity contribution in [2.75, 3.05) is 0 Å². The fourth-order valence-electron chi connectivity index (χ4n) is 3.42. The first-order chi connectivity index (χ1) is 7.24. The Labute approximate surface area is 89.6 Å². The smallest absolute Gasteiger partial charge is 0.157 e. The first-order valence-corrected chi connectivity index (χ1v) is 5.76. The van der Waals surface area contributed by atoms with Crippen molar-refractivity contribution in [2.24, 2.45) is 11.8 Å². The minimum absolute atomic E-state index is 0.0121. The van der Waals surface area contributed by atoms with Crippen molar-refractivity contribution in [2.45, 2.75) is 31.6 Å². The summed E-state index contributed by atoms with van der Waals surface area (Å²) in [6.45, 7) is 0. The molecule has 0 radical (unpaired) electrons. The van der Waals surface area contributed by atoms with Crippen LogP contribution in [0.3, 0.4) is 0 Å². The molecule has 2 aliphatic rings. The number of hydrogen-bond acceptors (Lipinski definition) is 2. The maximum Gasteiger partial charge on any atom is 0.157 e. The minimum Gasteiger partial charge on any atom is -0.504 e. The highest BCUT2D eigenvalue weighted by Gasteiger charge is 2.40. The summed E-state index contributed by atoms with van der Waals surface area (Å²) in [4.78, 5) is 0. The van der Waals surface area contributed by atoms with Crippen molar-refractivity contribution < 1.29 is 10.2 Å². The Morgan fingerprint density at radius 1 is 1.00 bits per heavy atom. The first-order valence-electron chi connectivity index (χ1n) is 5.76. The minimum atomic E-state index is -0.0121. The van der Waals surface area contributed by atoms with E-state index in [4.69, 9.17) is 0 Å². The molecule has 2 aliphatic carbocycles. The number of phenols is 2. The van der Waals surface area contributed by atoms with Gasteiger partial charge in [0.05, 0.1) is 0 Å². The van der Waals surface area contributed by atoms with Gasteiger partial charge in [-0.25, -0.2) is 0 Å². The largest absolute Gasteiger partial charge is 0.504 e. The van der Waals surface area contributed by atoms with Crippen LogP contribution in [0.25, 0.3) is 0 Å². The van der Waals surface area contributed by atoms with Crippen LogP contribution < -0.4 is 0 Å². The lowest BCUT2D eigenvalue weighted by molar-refractivity contribution is 0.395. The van der Waals surface area contributed by atoms with Crippen molar-refractivity contribution in [1.82, 2.24) is 0 Å². The molecule has 2 saturated carbocycles. The molecule has 0 aromatic heterocycles. The summed E-state index contributed by atoms with van der Waals surface area (Å²) in [6.07, 6.45) is 5.38. The van der Waals surface area contributed by atoms with E-state index in [1.807, 2.05) is 6.07 Å². The van der Waals surface area contributed by atoms with Gasteiger partial charge in [0.15, 0.2) is 11.5 Å². The second kappa shape index (κ2) is 3.16. The summed E-state index contributed by atoms with van der Waals surface area (Å²) < 4.78 is 0. The standard InChI is InChI=1S/C13H16O2/c14-12-4-3-10(7-13(12)15)11-6-8-1-2-9(11)5-8/h3-4,7-9,11,14-15H,1-2,5-6H2/t8-,9+,11?/m0/s1. The van der Waals surface area contributed by atoms with Crippen molar-refractivity contribution in [3.05, 3.63) is 23.8 Å². The Hall–Kier alpha value is -1.18. The van der Waals surface area contributed by atoms with Crippen LogP contribution in [0.15, 0.2) is 18.2 Å². The van der Waals surface area contributed by atoms with Crippen LogP contribution in [0.4, 0.5) is 0 Å². The third-order valence-corrected chi connectivity index (χ3v) is 4.17. The van der Waals surface area contributed by atoms with Gasteiger partial charge in [-0.05, 0) is 54.7 Å². The van der Waals surface area contributed by atoms with E-state index in [0.717, 1.165) is 11.8 Å². The molecular formula is C13H16O2. The van der Waals surface area contributed by atoms with Gasteiger partial charge >= 0.3 is 0 Å². The number of rotatable bonds is 1. The molecule has 1 aromatic rings. The molecular weight excluding hydrogens is 188 g/mol. The van der Waals surface area contributed by atoms with E-state index in [-0.39, 0.29) is 11.5 Å². The van der Waals surface area contributed by atoms with E-state index in [1.165, 1.54) is 31.2 Å². The molecule has 3 rings (SSSR count). The van der Waals surface area contributed by atoms with Crippen LogP contribution in [0.1, 0.15) is 37.2 Å². The molecule has 0 aliphatic heterocycles. The van der Waals surface area contributed by atoms with Gasteiger partial charge in [0, 0.05) is 0 Å². The zero-order chi connectivity index (χ0) is 10.4. The Balaban J connectivity index is 1.90. The van der Waals surface area contributed by atoms with E-state index in [9.17, 15) is 10.2 Å². The molecule has 0 amide bonds. The SMILES string of the molecule is Oc1ccc(C2C[C@H]3CC[C@@H]2C3)cc1O. The van der Waals surface area contributed by atoms with Crippen LogP contribution in [0.5, 0.6) is 11.5 Å². The van der Waals surface area contributed by atoms with E-state index >= 15 is 0 Å². The highest BCUT2D eigenvalue weighted by Crippen LogP contribution is 2.53. The van der Waals surface area contributed by atoms with E-state index in [0.29, 0.717) is 5.92 Å². The molecule has 2 heteroatoms. The van der Waals surface area contributed by atoms with Crippen molar-refractivity contribution >= 4 is 0 Å². The van der Waals surface area contributed by atoms with Gasteiger partial charge in [0.25, 0.3) is 0 Å². The predicted molar refractivity (Wildman–Crippen MR) is 58.0 cm³/mol. The van der Waals surface area contributed by atoms with Crippen LogP contribution in [0, 0.1) is 11.8 Å². The highest BCUT2D eigenvalue weighted by molar-refractivity contribution is 5.42. The van der Waals surface area contributed by atoms with Gasteiger partial charge in [0.1, 0.15) is 0 Å². The fraction of sp³-hybridized carbons (Fsp3) is 0.538. The van der Waals surface area contributed by atoms with Gasteiger partial charge in [-0.15, -0.1) is 0 Å². The number of phenolic OH excluding ortho intramolecular Hbond substituents is 2. The average Bonchev–Trinajstić information content (AvgIpc) is 2.83. The van der Waals surface area contributed by atoms with Gasteiger partial charge in [-0.1, -0.05) is 12.5 Å².